The van der Waals surface area contributed by atoms with Gasteiger partial charge in [0, 0.05) is 16.9 Å². The summed E-state index contributed by atoms with van der Waals surface area (Å²) in [4.78, 5) is 23.4. The lowest BCUT2D eigenvalue weighted by Gasteiger charge is -2.19. The van der Waals surface area contributed by atoms with Crippen LogP contribution in [0.2, 0.25) is 0 Å². The second-order valence-corrected chi connectivity index (χ2v) is 4.38. The number of amides is 1. The number of hydrogen-bond acceptors (Lipinski definition) is 3. The summed E-state index contributed by atoms with van der Waals surface area (Å²) in [5.41, 5.74) is 5.88. The third-order valence-electron chi connectivity index (χ3n) is 2.14. The first-order chi connectivity index (χ1) is 6.68. The van der Waals surface area contributed by atoms with Crippen molar-refractivity contribution in [2.24, 2.45) is 5.73 Å². The van der Waals surface area contributed by atoms with Crippen LogP contribution in [-0.2, 0) is 4.79 Å². The van der Waals surface area contributed by atoms with Crippen molar-refractivity contribution in [2.45, 2.75) is 16.6 Å². The Labute approximate surface area is 85.7 Å². The van der Waals surface area contributed by atoms with E-state index < -0.39 is 11.2 Å². The summed E-state index contributed by atoms with van der Waals surface area (Å²) in [5.74, 6) is -0.416. The van der Waals surface area contributed by atoms with Crippen LogP contribution in [0.25, 0.3) is 0 Å². The van der Waals surface area contributed by atoms with Crippen LogP contribution in [0, 0.1) is 0 Å². The van der Waals surface area contributed by atoms with E-state index in [1.54, 1.807) is 6.07 Å². The predicted octanol–water partition coefficient (Wildman–Crippen LogP) is 1.22. The molecule has 1 aromatic rings. The van der Waals surface area contributed by atoms with E-state index in [4.69, 9.17) is 5.73 Å². The van der Waals surface area contributed by atoms with E-state index in [0.717, 1.165) is 4.90 Å². The number of rotatable bonds is 1. The van der Waals surface area contributed by atoms with Crippen molar-refractivity contribution in [1.82, 2.24) is 0 Å². The molecule has 1 heterocycles. The number of fused-ring (bicyclic) bond motifs is 1. The topological polar surface area (TPSA) is 60.2 Å². The Kier molecular flexibility index (Phi) is 2.29. The highest BCUT2D eigenvalue weighted by Crippen LogP contribution is 2.34. The molecule has 14 heavy (non-hydrogen) atoms. The molecule has 2 rings (SSSR count). The molecule has 1 amide bonds. The number of thioether (sulfide) groups is 1. The summed E-state index contributed by atoms with van der Waals surface area (Å²) in [6, 6.07) is 7.29. The Hall–Kier alpha value is -1.29. The lowest BCUT2D eigenvalue weighted by molar-refractivity contribution is -0.117. The summed E-state index contributed by atoms with van der Waals surface area (Å²) in [7, 11) is 0. The standard InChI is InChI=1S/C10H9NO2S/c11-10(13)9-5-7(12)6-3-1-2-4-8(6)14-9/h1-4,9H,5H2,(H2,11,13). The second-order valence-electron chi connectivity index (χ2n) is 3.13. The van der Waals surface area contributed by atoms with Gasteiger partial charge in [0.2, 0.25) is 5.91 Å². The molecule has 72 valence electrons. The summed E-state index contributed by atoms with van der Waals surface area (Å²) in [6.45, 7) is 0. The second kappa shape index (κ2) is 3.46. The zero-order valence-electron chi connectivity index (χ0n) is 7.40. The van der Waals surface area contributed by atoms with Crippen LogP contribution in [0.3, 0.4) is 0 Å². The van der Waals surface area contributed by atoms with Gasteiger partial charge in [-0.1, -0.05) is 18.2 Å². The minimum absolute atomic E-state index is 0.00292. The molecular formula is C10H9NO2S. The minimum atomic E-state index is -0.419. The Morgan fingerprint density at radius 1 is 1.43 bits per heavy atom. The molecule has 0 saturated heterocycles. The Bertz CT molecular complexity index is 403. The number of carbonyl (C=O) groups is 2. The molecular weight excluding hydrogens is 198 g/mol. The average Bonchev–Trinajstić information content (AvgIpc) is 2.17. The molecule has 1 atom stereocenters. The van der Waals surface area contributed by atoms with Crippen molar-refractivity contribution in [3.63, 3.8) is 0 Å². The van der Waals surface area contributed by atoms with Crippen molar-refractivity contribution in [3.05, 3.63) is 29.8 Å². The molecule has 0 fully saturated rings. The van der Waals surface area contributed by atoms with Gasteiger partial charge in [-0.2, -0.15) is 0 Å². The van der Waals surface area contributed by atoms with Crippen LogP contribution in [0.1, 0.15) is 16.8 Å². The smallest absolute Gasteiger partial charge is 0.231 e. The number of nitrogens with two attached hydrogens (primary N) is 1. The molecule has 0 bridgehead atoms. The van der Waals surface area contributed by atoms with Crippen molar-refractivity contribution in [3.8, 4) is 0 Å². The Morgan fingerprint density at radius 2 is 2.14 bits per heavy atom. The molecule has 1 unspecified atom stereocenters. The highest BCUT2D eigenvalue weighted by atomic mass is 32.2. The van der Waals surface area contributed by atoms with Crippen LogP contribution in [-0.4, -0.2) is 16.9 Å². The van der Waals surface area contributed by atoms with Crippen LogP contribution in [0.5, 0.6) is 0 Å². The van der Waals surface area contributed by atoms with E-state index in [1.165, 1.54) is 11.8 Å². The molecule has 3 nitrogen and oxygen atoms in total. The van der Waals surface area contributed by atoms with Crippen LogP contribution in [0.4, 0.5) is 0 Å². The Morgan fingerprint density at radius 3 is 2.86 bits per heavy atom. The van der Waals surface area contributed by atoms with Gasteiger partial charge >= 0.3 is 0 Å². The average molecular weight is 207 g/mol. The molecule has 1 aliphatic heterocycles. The number of ketones is 1. The molecule has 1 aliphatic rings. The number of Topliss-reactive ketones (excluding diaryl/α,β-unsaturated/α-hetero) is 1. The largest absolute Gasteiger partial charge is 0.369 e. The SMILES string of the molecule is NC(=O)C1CC(=O)c2ccccc2S1. The van der Waals surface area contributed by atoms with E-state index >= 15 is 0 Å². The van der Waals surface area contributed by atoms with Crippen molar-refractivity contribution < 1.29 is 9.59 Å². The Balaban J connectivity index is 2.38. The predicted molar refractivity (Wildman–Crippen MR) is 54.2 cm³/mol. The van der Waals surface area contributed by atoms with Gasteiger partial charge in [-0.15, -0.1) is 11.8 Å². The summed E-state index contributed by atoms with van der Waals surface area (Å²) >= 11 is 1.37. The van der Waals surface area contributed by atoms with Gasteiger partial charge in [-0.05, 0) is 6.07 Å². The molecule has 0 saturated carbocycles. The molecule has 4 heteroatoms. The van der Waals surface area contributed by atoms with Gasteiger partial charge in [0.1, 0.15) is 0 Å². The minimum Gasteiger partial charge on any atom is -0.369 e. The van der Waals surface area contributed by atoms with Gasteiger partial charge in [-0.3, -0.25) is 9.59 Å². The zero-order chi connectivity index (χ0) is 10.1. The van der Waals surface area contributed by atoms with Gasteiger partial charge < -0.3 is 5.73 Å². The fourth-order valence-corrected chi connectivity index (χ4v) is 2.56. The van der Waals surface area contributed by atoms with Gasteiger partial charge in [-0.25, -0.2) is 0 Å². The summed E-state index contributed by atoms with van der Waals surface area (Å²) < 4.78 is 0. The first kappa shape index (κ1) is 9.27. The highest BCUT2D eigenvalue weighted by Gasteiger charge is 2.28. The van der Waals surface area contributed by atoms with Gasteiger partial charge in [0.15, 0.2) is 5.78 Å². The van der Waals surface area contributed by atoms with Gasteiger partial charge in [0.05, 0.1) is 5.25 Å². The number of primary amides is 1. The maximum absolute atomic E-state index is 11.6. The lowest BCUT2D eigenvalue weighted by atomic mass is 10.1. The third-order valence-corrected chi connectivity index (χ3v) is 3.44. The van der Waals surface area contributed by atoms with Crippen molar-refractivity contribution in [2.75, 3.05) is 0 Å². The maximum Gasteiger partial charge on any atom is 0.231 e. The third kappa shape index (κ3) is 1.53. The number of hydrogen-bond donors (Lipinski definition) is 1. The fourth-order valence-electron chi connectivity index (χ4n) is 1.43. The molecule has 1 aromatic carbocycles. The van der Waals surface area contributed by atoms with Crippen LogP contribution >= 0.6 is 11.8 Å². The monoisotopic (exact) mass is 207 g/mol. The summed E-state index contributed by atoms with van der Waals surface area (Å²) in [5, 5.41) is -0.405. The molecule has 2 N–H and O–H groups in total. The van der Waals surface area contributed by atoms with E-state index in [0.29, 0.717) is 5.56 Å². The van der Waals surface area contributed by atoms with Crippen molar-refractivity contribution >= 4 is 23.5 Å². The molecule has 0 spiro atoms. The van der Waals surface area contributed by atoms with Crippen LogP contribution < -0.4 is 5.73 Å². The molecule has 0 aliphatic carbocycles. The first-order valence-corrected chi connectivity index (χ1v) is 5.14. The van der Waals surface area contributed by atoms with Crippen molar-refractivity contribution in [1.29, 1.82) is 0 Å². The zero-order valence-corrected chi connectivity index (χ0v) is 8.21. The fraction of sp³-hybridized carbons (Fsp3) is 0.200. The van der Waals surface area contributed by atoms with E-state index in [2.05, 4.69) is 0 Å². The van der Waals surface area contributed by atoms with E-state index in [1.807, 2.05) is 18.2 Å². The maximum atomic E-state index is 11.6. The number of benzene rings is 1. The first-order valence-electron chi connectivity index (χ1n) is 4.26. The normalized spacial score (nSPS) is 20.3. The number of carbonyl (C=O) groups excluding carboxylic acids is 2. The lowest BCUT2D eigenvalue weighted by Crippen LogP contribution is -2.30. The quantitative estimate of drug-likeness (QED) is 0.753. The highest BCUT2D eigenvalue weighted by molar-refractivity contribution is 8.00. The van der Waals surface area contributed by atoms with Gasteiger partial charge in [0.25, 0.3) is 0 Å². The molecule has 0 radical (unpaired) electrons. The van der Waals surface area contributed by atoms with E-state index in [-0.39, 0.29) is 12.2 Å². The van der Waals surface area contributed by atoms with Crippen LogP contribution in [0.15, 0.2) is 29.2 Å². The van der Waals surface area contributed by atoms with E-state index in [9.17, 15) is 9.59 Å². The molecule has 0 aromatic heterocycles. The summed E-state index contributed by atoms with van der Waals surface area (Å²) in [6.07, 6.45) is 0.219.